The minimum absolute atomic E-state index is 0.0910. The lowest BCUT2D eigenvalue weighted by molar-refractivity contribution is -0.111. The molecule has 1 saturated carbocycles. The zero-order chi connectivity index (χ0) is 33.7. The summed E-state index contributed by atoms with van der Waals surface area (Å²) in [5, 5.41) is 17.6. The molecule has 0 bridgehead atoms. The summed E-state index contributed by atoms with van der Waals surface area (Å²) in [5.74, 6) is 1.48. The maximum Gasteiger partial charge on any atom is 0.247 e. The van der Waals surface area contributed by atoms with Crippen LogP contribution in [0.1, 0.15) is 55.7 Å². The SMILES string of the molecule is C=CC(=O)Nc1cc(Nc2cc(N3OCCC3c3cccc(C#N)c3)ncn2)c(OC)cc1N1CCC(N2CCN(C3CCC3)CC2)CC1. The topological polar surface area (TPSA) is 122 Å². The van der Waals surface area contributed by atoms with Gasteiger partial charge in [0, 0.05) is 69.9 Å². The molecule has 4 aliphatic rings. The predicted octanol–water partition coefficient (Wildman–Crippen LogP) is 5.25. The molecule has 0 spiro atoms. The van der Waals surface area contributed by atoms with Gasteiger partial charge < -0.3 is 20.3 Å². The van der Waals surface area contributed by atoms with E-state index in [-0.39, 0.29) is 11.9 Å². The van der Waals surface area contributed by atoms with Crippen LogP contribution in [-0.4, -0.2) is 90.7 Å². The highest BCUT2D eigenvalue weighted by Gasteiger charge is 2.33. The summed E-state index contributed by atoms with van der Waals surface area (Å²) in [6, 6.07) is 16.8. The van der Waals surface area contributed by atoms with Crippen LogP contribution >= 0.6 is 0 Å². The molecule has 12 nitrogen and oxygen atoms in total. The molecule has 2 aromatic carbocycles. The third-order valence-corrected chi connectivity index (χ3v) is 10.5. The van der Waals surface area contributed by atoms with Crippen LogP contribution in [0.5, 0.6) is 5.75 Å². The number of ether oxygens (including phenoxy) is 1. The Hall–Kier alpha value is -4.70. The molecule has 3 aliphatic heterocycles. The van der Waals surface area contributed by atoms with E-state index in [0.29, 0.717) is 47.0 Å². The van der Waals surface area contributed by atoms with Crippen molar-refractivity contribution in [2.24, 2.45) is 0 Å². The van der Waals surface area contributed by atoms with Crippen molar-refractivity contribution in [3.63, 3.8) is 0 Å². The fourth-order valence-corrected chi connectivity index (χ4v) is 7.56. The zero-order valence-corrected chi connectivity index (χ0v) is 28.2. The molecule has 1 amide bonds. The first kappa shape index (κ1) is 32.8. The maximum absolute atomic E-state index is 12.6. The van der Waals surface area contributed by atoms with Crippen LogP contribution < -0.4 is 25.3 Å². The Bertz CT molecular complexity index is 1690. The Morgan fingerprint density at radius 2 is 1.73 bits per heavy atom. The Kier molecular flexibility index (Phi) is 9.93. The average Bonchev–Trinajstić information content (AvgIpc) is 3.62. The van der Waals surface area contributed by atoms with Crippen molar-refractivity contribution in [3.05, 3.63) is 72.6 Å². The summed E-state index contributed by atoms with van der Waals surface area (Å²) < 4.78 is 5.88. The van der Waals surface area contributed by atoms with Crippen LogP contribution in [0.2, 0.25) is 0 Å². The summed E-state index contributed by atoms with van der Waals surface area (Å²) >= 11 is 0. The number of anilines is 5. The molecular weight excluding hydrogens is 618 g/mol. The Balaban J connectivity index is 1.07. The Morgan fingerprint density at radius 1 is 0.980 bits per heavy atom. The molecule has 3 saturated heterocycles. The molecule has 4 heterocycles. The van der Waals surface area contributed by atoms with Crippen LogP contribution in [0.4, 0.5) is 28.7 Å². The molecule has 1 aromatic heterocycles. The van der Waals surface area contributed by atoms with Crippen LogP contribution in [0.3, 0.4) is 0 Å². The largest absolute Gasteiger partial charge is 0.494 e. The van der Waals surface area contributed by atoms with Crippen LogP contribution in [-0.2, 0) is 9.63 Å². The number of nitriles is 1. The molecule has 0 radical (unpaired) electrons. The number of amides is 1. The fraction of sp³-hybridized carbons (Fsp3) is 0.459. The number of piperazine rings is 1. The first-order chi connectivity index (χ1) is 24.0. The first-order valence-electron chi connectivity index (χ1n) is 17.4. The molecule has 1 aliphatic carbocycles. The third kappa shape index (κ3) is 7.20. The minimum atomic E-state index is -0.279. The number of hydrogen-bond donors (Lipinski definition) is 2. The zero-order valence-electron chi connectivity index (χ0n) is 28.2. The van der Waals surface area contributed by atoms with Gasteiger partial charge in [0.05, 0.1) is 48.5 Å². The number of hydroxylamine groups is 1. The number of piperidine rings is 1. The first-order valence-corrected chi connectivity index (χ1v) is 17.4. The molecule has 12 heteroatoms. The van der Waals surface area contributed by atoms with Crippen molar-refractivity contribution in [2.45, 2.75) is 56.7 Å². The highest BCUT2D eigenvalue weighted by atomic mass is 16.7. The number of nitrogens with one attached hydrogen (secondary N) is 2. The lowest BCUT2D eigenvalue weighted by atomic mass is 9.91. The molecule has 3 aromatic rings. The van der Waals surface area contributed by atoms with Gasteiger partial charge in [-0.25, -0.2) is 15.0 Å². The van der Waals surface area contributed by atoms with Gasteiger partial charge in [0.2, 0.25) is 5.91 Å². The Morgan fingerprint density at radius 3 is 2.41 bits per heavy atom. The number of hydrogen-bond acceptors (Lipinski definition) is 11. The smallest absolute Gasteiger partial charge is 0.247 e. The Labute approximate surface area is 288 Å². The van der Waals surface area contributed by atoms with Gasteiger partial charge in [-0.3, -0.25) is 19.4 Å². The number of benzene rings is 2. The van der Waals surface area contributed by atoms with Crippen molar-refractivity contribution < 1.29 is 14.4 Å². The van der Waals surface area contributed by atoms with E-state index in [1.807, 2.05) is 36.4 Å². The summed E-state index contributed by atoms with van der Waals surface area (Å²) in [6.45, 7) is 10.7. The summed E-state index contributed by atoms with van der Waals surface area (Å²) in [5.41, 5.74) is 3.83. The number of methoxy groups -OCH3 is 1. The van der Waals surface area contributed by atoms with Crippen molar-refractivity contribution in [1.29, 1.82) is 5.26 Å². The monoisotopic (exact) mass is 663 g/mol. The molecule has 1 unspecified atom stereocenters. The van der Waals surface area contributed by atoms with Gasteiger partial charge in [0.1, 0.15) is 17.9 Å². The predicted molar refractivity (Wildman–Crippen MR) is 190 cm³/mol. The van der Waals surface area contributed by atoms with Gasteiger partial charge in [0.25, 0.3) is 0 Å². The van der Waals surface area contributed by atoms with Gasteiger partial charge in [-0.2, -0.15) is 5.26 Å². The van der Waals surface area contributed by atoms with E-state index in [0.717, 1.165) is 62.7 Å². The van der Waals surface area contributed by atoms with E-state index in [2.05, 4.69) is 47.9 Å². The molecule has 1 atom stereocenters. The molecular formula is C37H45N9O3. The van der Waals surface area contributed by atoms with Gasteiger partial charge in [-0.05, 0) is 55.5 Å². The van der Waals surface area contributed by atoms with Gasteiger partial charge in [-0.15, -0.1) is 0 Å². The lowest BCUT2D eigenvalue weighted by Crippen LogP contribution is -2.56. The minimum Gasteiger partial charge on any atom is -0.494 e. The van der Waals surface area contributed by atoms with Gasteiger partial charge in [-0.1, -0.05) is 25.1 Å². The van der Waals surface area contributed by atoms with Gasteiger partial charge >= 0.3 is 0 Å². The average molecular weight is 664 g/mol. The summed E-state index contributed by atoms with van der Waals surface area (Å²) in [6.07, 6.45) is 9.81. The second kappa shape index (κ2) is 14.8. The second-order valence-electron chi connectivity index (χ2n) is 13.2. The molecule has 49 heavy (non-hydrogen) atoms. The normalized spacial score (nSPS) is 20.8. The molecule has 7 rings (SSSR count). The van der Waals surface area contributed by atoms with E-state index in [1.165, 1.54) is 44.8 Å². The maximum atomic E-state index is 12.6. The molecule has 2 N–H and O–H groups in total. The number of nitrogens with zero attached hydrogens (tertiary/aromatic N) is 7. The van der Waals surface area contributed by atoms with Crippen LogP contribution in [0.25, 0.3) is 0 Å². The quantitative estimate of drug-likeness (QED) is 0.277. The number of carbonyl (C=O) groups excluding carboxylic acids is 1. The van der Waals surface area contributed by atoms with Crippen LogP contribution in [0, 0.1) is 11.3 Å². The standard InChI is InChI=1S/C37H45N9O3/c1-3-37(47)42-30-21-31(41-35-23-36(40-25-39-35)46-32(12-19-49-46)27-7-4-6-26(20-27)24-38)34(48-2)22-33(30)45-13-10-29(11-14-45)44-17-15-43(16-18-44)28-8-5-9-28/h3-4,6-7,20-23,25,28-29,32H,1,5,8-19H2,2H3,(H,42,47)(H,39,40,41). The summed E-state index contributed by atoms with van der Waals surface area (Å²) in [4.78, 5) is 35.3. The highest BCUT2D eigenvalue weighted by molar-refractivity contribution is 6.02. The number of aromatic nitrogens is 2. The number of carbonyl (C=O) groups is 1. The molecule has 4 fully saturated rings. The second-order valence-corrected chi connectivity index (χ2v) is 13.2. The van der Waals surface area contributed by atoms with E-state index in [9.17, 15) is 10.1 Å². The van der Waals surface area contributed by atoms with Crippen molar-refractivity contribution in [1.82, 2.24) is 19.8 Å². The van der Waals surface area contributed by atoms with Crippen molar-refractivity contribution in [2.75, 3.05) is 73.6 Å². The highest BCUT2D eigenvalue weighted by Crippen LogP contribution is 2.41. The summed E-state index contributed by atoms with van der Waals surface area (Å²) in [7, 11) is 1.64. The fourth-order valence-electron chi connectivity index (χ4n) is 7.56. The third-order valence-electron chi connectivity index (χ3n) is 10.5. The lowest BCUT2D eigenvalue weighted by Gasteiger charge is -2.46. The van der Waals surface area contributed by atoms with Crippen LogP contribution in [0.15, 0.2) is 61.4 Å². The number of rotatable bonds is 10. The van der Waals surface area contributed by atoms with E-state index >= 15 is 0 Å². The van der Waals surface area contributed by atoms with E-state index in [4.69, 9.17) is 9.57 Å². The van der Waals surface area contributed by atoms with Crippen molar-refractivity contribution in [3.8, 4) is 11.8 Å². The van der Waals surface area contributed by atoms with E-state index < -0.39 is 0 Å². The van der Waals surface area contributed by atoms with E-state index in [1.54, 1.807) is 18.2 Å². The molecule has 256 valence electrons. The van der Waals surface area contributed by atoms with Gasteiger partial charge in [0.15, 0.2) is 5.82 Å². The van der Waals surface area contributed by atoms with Crippen molar-refractivity contribution >= 4 is 34.6 Å².